The molecule has 4 rings (SSSR count). The minimum atomic E-state index is 0.218. The van der Waals surface area contributed by atoms with Crippen LogP contribution in [-0.4, -0.2) is 38.3 Å². The van der Waals surface area contributed by atoms with Gasteiger partial charge in [-0.25, -0.2) is 0 Å². The molecule has 1 saturated heterocycles. The average Bonchev–Trinajstić information content (AvgIpc) is 3.05. The van der Waals surface area contributed by atoms with Crippen LogP contribution in [-0.2, 0) is 0 Å². The van der Waals surface area contributed by atoms with E-state index in [4.69, 9.17) is 4.52 Å². The zero-order chi connectivity index (χ0) is 14.2. The monoisotopic (exact) mass is 287 g/mol. The number of H-pyrrole nitrogens is 1. The molecule has 3 heterocycles. The molecule has 2 fully saturated rings. The quantitative estimate of drug-likeness (QED) is 0.936. The first-order valence-corrected chi connectivity index (χ1v) is 7.87. The van der Waals surface area contributed by atoms with Crippen LogP contribution in [0.15, 0.2) is 16.9 Å². The Kier molecular flexibility index (Phi) is 3.25. The zero-order valence-electron chi connectivity index (χ0n) is 12.3. The predicted octanol–water partition coefficient (Wildman–Crippen LogP) is 2.61. The third-order valence-corrected chi connectivity index (χ3v) is 4.83. The Labute approximate surface area is 123 Å². The number of hydrogen-bond donors (Lipinski definition) is 1. The standard InChI is InChI=1S/C15H21N5O/c1-10(15-18-14(19-21-15)12-2-3-12)20-6-4-11(5-7-20)13-8-16-17-9-13/h8-12H,2-7H2,1H3,(H,16,17)/t10-/m1/s1. The summed E-state index contributed by atoms with van der Waals surface area (Å²) in [5, 5.41) is 11.1. The Hall–Kier alpha value is -1.69. The molecule has 6 heteroatoms. The van der Waals surface area contributed by atoms with Crippen molar-refractivity contribution in [2.24, 2.45) is 0 Å². The molecule has 0 bridgehead atoms. The summed E-state index contributed by atoms with van der Waals surface area (Å²) in [6.45, 7) is 4.30. The molecule has 0 aromatic carbocycles. The number of aromatic amines is 1. The van der Waals surface area contributed by atoms with Gasteiger partial charge in [-0.15, -0.1) is 0 Å². The van der Waals surface area contributed by atoms with Crippen molar-refractivity contribution in [2.45, 2.75) is 50.5 Å². The highest BCUT2D eigenvalue weighted by Crippen LogP contribution is 2.39. The van der Waals surface area contributed by atoms with Gasteiger partial charge in [0.1, 0.15) is 0 Å². The van der Waals surface area contributed by atoms with Crippen LogP contribution in [0.5, 0.6) is 0 Å². The molecule has 2 aromatic heterocycles. The molecule has 2 aliphatic rings. The van der Waals surface area contributed by atoms with Gasteiger partial charge in [-0.3, -0.25) is 10.00 Å². The second-order valence-electron chi connectivity index (χ2n) is 6.28. The molecule has 1 aliphatic carbocycles. The van der Waals surface area contributed by atoms with Gasteiger partial charge in [0.05, 0.1) is 12.2 Å². The molecule has 0 amide bonds. The molecule has 1 atom stereocenters. The lowest BCUT2D eigenvalue weighted by Gasteiger charge is -2.34. The Morgan fingerprint density at radius 3 is 2.71 bits per heavy atom. The summed E-state index contributed by atoms with van der Waals surface area (Å²) in [5.41, 5.74) is 1.33. The van der Waals surface area contributed by atoms with Crippen LogP contribution < -0.4 is 0 Å². The maximum atomic E-state index is 5.46. The topological polar surface area (TPSA) is 70.8 Å². The first-order valence-electron chi connectivity index (χ1n) is 7.87. The lowest BCUT2D eigenvalue weighted by Crippen LogP contribution is -2.35. The van der Waals surface area contributed by atoms with Crippen molar-refractivity contribution in [3.63, 3.8) is 0 Å². The second kappa shape index (κ2) is 5.26. The molecule has 112 valence electrons. The van der Waals surface area contributed by atoms with Gasteiger partial charge in [-0.05, 0) is 57.2 Å². The van der Waals surface area contributed by atoms with E-state index in [1.165, 1.54) is 18.4 Å². The fourth-order valence-electron chi connectivity index (χ4n) is 3.18. The van der Waals surface area contributed by atoms with Gasteiger partial charge < -0.3 is 4.52 Å². The highest BCUT2D eigenvalue weighted by atomic mass is 16.5. The number of nitrogens with zero attached hydrogens (tertiary/aromatic N) is 4. The summed E-state index contributed by atoms with van der Waals surface area (Å²) in [6, 6.07) is 0.218. The molecule has 1 N–H and O–H groups in total. The summed E-state index contributed by atoms with van der Waals surface area (Å²) >= 11 is 0. The molecule has 0 radical (unpaired) electrons. The summed E-state index contributed by atoms with van der Waals surface area (Å²) in [7, 11) is 0. The van der Waals surface area contributed by atoms with Gasteiger partial charge in [0.2, 0.25) is 5.89 Å². The first kappa shape index (κ1) is 13.0. The minimum absolute atomic E-state index is 0.218. The second-order valence-corrected chi connectivity index (χ2v) is 6.28. The smallest absolute Gasteiger partial charge is 0.243 e. The Bertz CT molecular complexity index is 581. The average molecular weight is 287 g/mol. The maximum absolute atomic E-state index is 5.46. The van der Waals surface area contributed by atoms with Crippen LogP contribution in [0.1, 0.15) is 67.8 Å². The maximum Gasteiger partial charge on any atom is 0.243 e. The SMILES string of the molecule is C[C@H](c1nc(C2CC2)no1)N1CCC(c2cn[nH]c2)CC1. The van der Waals surface area contributed by atoms with E-state index in [1.807, 2.05) is 12.4 Å². The normalized spacial score (nSPS) is 22.5. The van der Waals surface area contributed by atoms with E-state index in [-0.39, 0.29) is 6.04 Å². The van der Waals surface area contributed by atoms with Crippen molar-refractivity contribution >= 4 is 0 Å². The van der Waals surface area contributed by atoms with Crippen molar-refractivity contribution in [1.29, 1.82) is 0 Å². The van der Waals surface area contributed by atoms with E-state index in [2.05, 4.69) is 32.2 Å². The Morgan fingerprint density at radius 2 is 2.05 bits per heavy atom. The highest BCUT2D eigenvalue weighted by molar-refractivity contribution is 5.12. The van der Waals surface area contributed by atoms with Crippen LogP contribution in [0.3, 0.4) is 0 Å². The molecule has 0 unspecified atom stereocenters. The Balaban J connectivity index is 1.38. The number of likely N-dealkylation sites (tertiary alicyclic amines) is 1. The van der Waals surface area contributed by atoms with Crippen LogP contribution in [0.25, 0.3) is 0 Å². The van der Waals surface area contributed by atoms with E-state index >= 15 is 0 Å². The van der Waals surface area contributed by atoms with E-state index in [0.717, 1.165) is 37.6 Å². The van der Waals surface area contributed by atoms with Gasteiger partial charge in [-0.1, -0.05) is 5.16 Å². The van der Waals surface area contributed by atoms with Crippen LogP contribution in [0, 0.1) is 0 Å². The molecule has 6 nitrogen and oxygen atoms in total. The minimum Gasteiger partial charge on any atom is -0.338 e. The van der Waals surface area contributed by atoms with Crippen LogP contribution in [0.4, 0.5) is 0 Å². The third-order valence-electron chi connectivity index (χ3n) is 4.83. The molecule has 1 saturated carbocycles. The van der Waals surface area contributed by atoms with Crippen molar-refractivity contribution in [2.75, 3.05) is 13.1 Å². The lowest BCUT2D eigenvalue weighted by molar-refractivity contribution is 0.136. The summed E-state index contributed by atoms with van der Waals surface area (Å²) in [5.74, 6) is 2.86. The largest absolute Gasteiger partial charge is 0.338 e. The van der Waals surface area contributed by atoms with Crippen molar-refractivity contribution in [1.82, 2.24) is 25.2 Å². The highest BCUT2D eigenvalue weighted by Gasteiger charge is 2.32. The van der Waals surface area contributed by atoms with Gasteiger partial charge in [0, 0.05) is 12.1 Å². The predicted molar refractivity (Wildman–Crippen MR) is 76.8 cm³/mol. The zero-order valence-corrected chi connectivity index (χ0v) is 12.3. The molecule has 1 aliphatic heterocycles. The number of rotatable bonds is 4. The molecule has 2 aromatic rings. The fourth-order valence-corrected chi connectivity index (χ4v) is 3.18. The molecular weight excluding hydrogens is 266 g/mol. The fraction of sp³-hybridized carbons (Fsp3) is 0.667. The van der Waals surface area contributed by atoms with Gasteiger partial charge in [0.25, 0.3) is 0 Å². The van der Waals surface area contributed by atoms with Gasteiger partial charge >= 0.3 is 0 Å². The summed E-state index contributed by atoms with van der Waals surface area (Å²) < 4.78 is 5.46. The molecule has 0 spiro atoms. The van der Waals surface area contributed by atoms with Crippen molar-refractivity contribution < 1.29 is 4.52 Å². The van der Waals surface area contributed by atoms with E-state index < -0.39 is 0 Å². The summed E-state index contributed by atoms with van der Waals surface area (Å²) in [6.07, 6.45) is 8.71. The van der Waals surface area contributed by atoms with Gasteiger partial charge in [-0.2, -0.15) is 10.1 Å². The number of nitrogens with one attached hydrogen (secondary N) is 1. The van der Waals surface area contributed by atoms with E-state index in [1.54, 1.807) is 0 Å². The lowest BCUT2D eigenvalue weighted by atomic mass is 9.91. The van der Waals surface area contributed by atoms with Crippen molar-refractivity contribution in [3.8, 4) is 0 Å². The number of hydrogen-bond acceptors (Lipinski definition) is 5. The summed E-state index contributed by atoms with van der Waals surface area (Å²) in [4.78, 5) is 7.03. The Morgan fingerprint density at radius 1 is 1.24 bits per heavy atom. The van der Waals surface area contributed by atoms with Crippen molar-refractivity contribution in [3.05, 3.63) is 29.7 Å². The first-order chi connectivity index (χ1) is 10.3. The van der Waals surface area contributed by atoms with Gasteiger partial charge in [0.15, 0.2) is 5.82 Å². The number of aromatic nitrogens is 4. The molecular formula is C15H21N5O. The third kappa shape index (κ3) is 2.60. The van der Waals surface area contributed by atoms with E-state index in [9.17, 15) is 0 Å². The van der Waals surface area contributed by atoms with Crippen LogP contribution >= 0.6 is 0 Å². The van der Waals surface area contributed by atoms with Crippen LogP contribution in [0.2, 0.25) is 0 Å². The number of piperidine rings is 1. The molecule has 21 heavy (non-hydrogen) atoms. The van der Waals surface area contributed by atoms with E-state index in [0.29, 0.717) is 11.8 Å².